The van der Waals surface area contributed by atoms with Gasteiger partial charge in [0.15, 0.2) is 0 Å². The fourth-order valence-corrected chi connectivity index (χ4v) is 0.413. The SMILES string of the molecule is CCCCOCCO.[KH]. The molecule has 0 aromatic heterocycles. The summed E-state index contributed by atoms with van der Waals surface area (Å²) in [6, 6.07) is 0. The van der Waals surface area contributed by atoms with Gasteiger partial charge in [0.05, 0.1) is 13.2 Å². The maximum absolute atomic E-state index is 8.24. The number of hydrogen-bond donors (Lipinski definition) is 1. The molecule has 0 saturated heterocycles. The first-order valence-corrected chi connectivity index (χ1v) is 3.10. The topological polar surface area (TPSA) is 29.5 Å². The zero-order valence-electron chi connectivity index (χ0n) is 5.39. The van der Waals surface area contributed by atoms with Gasteiger partial charge in [0.1, 0.15) is 0 Å². The van der Waals surface area contributed by atoms with Crippen LogP contribution in [-0.2, 0) is 4.74 Å². The van der Waals surface area contributed by atoms with Gasteiger partial charge in [-0.15, -0.1) is 0 Å². The van der Waals surface area contributed by atoms with Crippen LogP contribution in [0.3, 0.4) is 0 Å². The molecule has 0 unspecified atom stereocenters. The summed E-state index contributed by atoms with van der Waals surface area (Å²) in [5.74, 6) is 0. The van der Waals surface area contributed by atoms with E-state index in [0.717, 1.165) is 19.4 Å². The first-order valence-electron chi connectivity index (χ1n) is 3.10. The van der Waals surface area contributed by atoms with Gasteiger partial charge in [-0.3, -0.25) is 0 Å². The Balaban J connectivity index is 0. The number of aliphatic hydroxyl groups excluding tert-OH is 1. The Morgan fingerprint density at radius 1 is 1.33 bits per heavy atom. The summed E-state index contributed by atoms with van der Waals surface area (Å²) in [5.41, 5.74) is 0. The second-order valence-electron chi connectivity index (χ2n) is 1.69. The average Bonchev–Trinajstić information content (AvgIpc) is 1.81. The van der Waals surface area contributed by atoms with Crippen molar-refractivity contribution in [3.05, 3.63) is 0 Å². The maximum atomic E-state index is 8.24. The van der Waals surface area contributed by atoms with Gasteiger partial charge in [0, 0.05) is 6.61 Å². The molecule has 0 aliphatic heterocycles. The molecule has 0 aromatic rings. The third-order valence-electron chi connectivity index (χ3n) is 0.878. The van der Waals surface area contributed by atoms with E-state index in [2.05, 4.69) is 6.92 Å². The fourth-order valence-electron chi connectivity index (χ4n) is 0.413. The van der Waals surface area contributed by atoms with Crippen LogP contribution in [0.1, 0.15) is 19.8 Å². The third kappa shape index (κ3) is 12.7. The summed E-state index contributed by atoms with van der Waals surface area (Å²) < 4.78 is 4.97. The molecule has 0 aromatic carbocycles. The molecule has 1 N–H and O–H groups in total. The van der Waals surface area contributed by atoms with Crippen molar-refractivity contribution < 1.29 is 9.84 Å². The quantitative estimate of drug-likeness (QED) is 0.456. The monoisotopic (exact) mass is 158 g/mol. The van der Waals surface area contributed by atoms with Gasteiger partial charge in [-0.25, -0.2) is 0 Å². The number of hydrogen-bond acceptors (Lipinski definition) is 2. The van der Waals surface area contributed by atoms with Crippen molar-refractivity contribution in [1.29, 1.82) is 0 Å². The minimum absolute atomic E-state index is 0. The van der Waals surface area contributed by atoms with Crippen molar-refractivity contribution in [1.82, 2.24) is 0 Å². The summed E-state index contributed by atoms with van der Waals surface area (Å²) in [6.45, 7) is 3.53. The van der Waals surface area contributed by atoms with Gasteiger partial charge in [0.25, 0.3) is 0 Å². The fraction of sp³-hybridized carbons (Fsp3) is 1.00. The predicted molar refractivity (Wildman–Crippen MR) is 40.0 cm³/mol. The second kappa shape index (κ2) is 12.3. The molecule has 0 atom stereocenters. The van der Waals surface area contributed by atoms with Gasteiger partial charge in [-0.1, -0.05) is 13.3 Å². The molecule has 0 aliphatic carbocycles. The van der Waals surface area contributed by atoms with E-state index in [0.29, 0.717) is 6.61 Å². The Morgan fingerprint density at radius 3 is 2.44 bits per heavy atom. The minimum atomic E-state index is 0. The van der Waals surface area contributed by atoms with Gasteiger partial charge in [-0.2, -0.15) is 0 Å². The van der Waals surface area contributed by atoms with Crippen molar-refractivity contribution >= 4 is 51.4 Å². The van der Waals surface area contributed by atoms with E-state index in [1.807, 2.05) is 0 Å². The molecule has 52 valence electrons. The first kappa shape index (κ1) is 13.2. The van der Waals surface area contributed by atoms with Crippen LogP contribution in [0, 0.1) is 0 Å². The normalized spacial score (nSPS) is 8.67. The molecule has 9 heavy (non-hydrogen) atoms. The molecule has 0 aliphatic rings. The second-order valence-corrected chi connectivity index (χ2v) is 1.69. The summed E-state index contributed by atoms with van der Waals surface area (Å²) in [5, 5.41) is 8.24. The Labute approximate surface area is 99.4 Å². The Hall–Kier alpha value is 1.56. The molecule has 3 heteroatoms. The number of aliphatic hydroxyl groups is 1. The molecule has 0 rings (SSSR count). The van der Waals surface area contributed by atoms with E-state index in [4.69, 9.17) is 9.84 Å². The van der Waals surface area contributed by atoms with Crippen molar-refractivity contribution in [2.24, 2.45) is 0 Å². The standard InChI is InChI=1S/C6H14O2.K.H/c1-2-3-5-8-6-4-7;;/h7H,2-6H2,1H3;;. The summed E-state index contributed by atoms with van der Waals surface area (Å²) in [7, 11) is 0. The van der Waals surface area contributed by atoms with E-state index in [1.54, 1.807) is 0 Å². The first-order chi connectivity index (χ1) is 3.91. The van der Waals surface area contributed by atoms with Crippen molar-refractivity contribution in [3.8, 4) is 0 Å². The number of rotatable bonds is 5. The van der Waals surface area contributed by atoms with Crippen LogP contribution in [0.2, 0.25) is 0 Å². The third-order valence-corrected chi connectivity index (χ3v) is 0.878. The van der Waals surface area contributed by atoms with Gasteiger partial charge < -0.3 is 9.84 Å². The molecule has 0 saturated carbocycles. The molecule has 2 nitrogen and oxygen atoms in total. The van der Waals surface area contributed by atoms with Crippen LogP contribution in [-0.4, -0.2) is 76.3 Å². The Bertz CT molecular complexity index is 36.0. The van der Waals surface area contributed by atoms with E-state index >= 15 is 0 Å². The zero-order chi connectivity index (χ0) is 6.24. The number of unbranched alkanes of at least 4 members (excludes halogenated alkanes) is 1. The molecule has 0 bridgehead atoms. The van der Waals surface area contributed by atoms with E-state index < -0.39 is 0 Å². The molecule has 0 heterocycles. The predicted octanol–water partition coefficient (Wildman–Crippen LogP) is 0.147. The van der Waals surface area contributed by atoms with Gasteiger partial charge in [-0.05, 0) is 6.42 Å². The van der Waals surface area contributed by atoms with E-state index in [1.165, 1.54) is 0 Å². The Kier molecular flexibility index (Phi) is 17.9. The van der Waals surface area contributed by atoms with Crippen LogP contribution in [0.5, 0.6) is 0 Å². The number of ether oxygens (including phenoxy) is 1. The van der Waals surface area contributed by atoms with Crippen molar-refractivity contribution in [2.75, 3.05) is 19.8 Å². The van der Waals surface area contributed by atoms with Crippen molar-refractivity contribution in [3.63, 3.8) is 0 Å². The van der Waals surface area contributed by atoms with Crippen LogP contribution >= 0.6 is 0 Å². The average molecular weight is 158 g/mol. The zero-order valence-corrected chi connectivity index (χ0v) is 5.39. The molecular weight excluding hydrogens is 143 g/mol. The van der Waals surface area contributed by atoms with E-state index in [-0.39, 0.29) is 58.0 Å². The molecular formula is C6H15KO2. The molecule has 0 amide bonds. The summed E-state index contributed by atoms with van der Waals surface area (Å²) in [4.78, 5) is 0. The van der Waals surface area contributed by atoms with Gasteiger partial charge >= 0.3 is 51.4 Å². The van der Waals surface area contributed by atoms with Crippen LogP contribution in [0.15, 0.2) is 0 Å². The van der Waals surface area contributed by atoms with Crippen molar-refractivity contribution in [2.45, 2.75) is 19.8 Å². The molecule has 0 radical (unpaired) electrons. The molecule has 0 spiro atoms. The van der Waals surface area contributed by atoms with E-state index in [9.17, 15) is 0 Å². The molecule has 0 fully saturated rings. The van der Waals surface area contributed by atoms with Gasteiger partial charge in [0.2, 0.25) is 0 Å². The van der Waals surface area contributed by atoms with Crippen LogP contribution in [0.4, 0.5) is 0 Å². The summed E-state index contributed by atoms with van der Waals surface area (Å²) in [6.07, 6.45) is 2.26. The van der Waals surface area contributed by atoms with Crippen LogP contribution < -0.4 is 0 Å². The Morgan fingerprint density at radius 2 is 2.00 bits per heavy atom. The van der Waals surface area contributed by atoms with Crippen LogP contribution in [0.25, 0.3) is 0 Å². The summed E-state index contributed by atoms with van der Waals surface area (Å²) >= 11 is 0.